The Morgan fingerprint density at radius 2 is 2.11 bits per heavy atom. The van der Waals surface area contributed by atoms with Crippen molar-refractivity contribution in [2.75, 3.05) is 0 Å². The third-order valence-electron chi connectivity index (χ3n) is 4.39. The molecule has 1 N–H and O–H groups in total. The Morgan fingerprint density at radius 3 is 2.78 bits per heavy atom. The number of rotatable bonds is 3. The summed E-state index contributed by atoms with van der Waals surface area (Å²) in [6.07, 6.45) is 5.55. The Hall–Kier alpha value is -1.02. The number of hydrogen-bond acceptors (Lipinski definition) is 1. The first-order valence-electron chi connectivity index (χ1n) is 6.75. The Bertz CT molecular complexity index is 460. The molecular weight excluding hydrogens is 246 g/mol. The van der Waals surface area contributed by atoms with E-state index in [4.69, 9.17) is 11.6 Å². The summed E-state index contributed by atoms with van der Waals surface area (Å²) in [4.78, 5) is 12.0. The lowest BCUT2D eigenvalue weighted by Crippen LogP contribution is -2.39. The van der Waals surface area contributed by atoms with Gasteiger partial charge in [0.1, 0.15) is 0 Å². The molecule has 3 rings (SSSR count). The van der Waals surface area contributed by atoms with Crippen molar-refractivity contribution in [3.63, 3.8) is 0 Å². The fourth-order valence-corrected chi connectivity index (χ4v) is 3.70. The monoisotopic (exact) mass is 263 g/mol. The summed E-state index contributed by atoms with van der Waals surface area (Å²) in [5.74, 6) is 1.70. The smallest absolute Gasteiger partial charge is 0.224 e. The van der Waals surface area contributed by atoms with E-state index in [0.717, 1.165) is 17.4 Å². The van der Waals surface area contributed by atoms with Gasteiger partial charge in [0.2, 0.25) is 5.91 Å². The molecule has 2 nitrogen and oxygen atoms in total. The maximum Gasteiger partial charge on any atom is 0.224 e. The van der Waals surface area contributed by atoms with E-state index in [1.807, 2.05) is 24.3 Å². The van der Waals surface area contributed by atoms with Gasteiger partial charge in [-0.2, -0.15) is 0 Å². The van der Waals surface area contributed by atoms with E-state index in [9.17, 15) is 4.79 Å². The highest BCUT2D eigenvalue weighted by Gasteiger charge is 2.39. The number of benzene rings is 1. The first kappa shape index (κ1) is 12.0. The van der Waals surface area contributed by atoms with Gasteiger partial charge in [-0.1, -0.05) is 36.2 Å². The van der Waals surface area contributed by atoms with Crippen LogP contribution in [0.25, 0.3) is 0 Å². The molecule has 2 fully saturated rings. The maximum atomic E-state index is 12.0. The van der Waals surface area contributed by atoms with E-state index in [2.05, 4.69) is 5.32 Å². The Morgan fingerprint density at radius 1 is 1.28 bits per heavy atom. The van der Waals surface area contributed by atoms with E-state index >= 15 is 0 Å². The van der Waals surface area contributed by atoms with Crippen molar-refractivity contribution in [2.45, 2.75) is 38.1 Å². The van der Waals surface area contributed by atoms with E-state index in [0.29, 0.717) is 17.5 Å². The lowest BCUT2D eigenvalue weighted by molar-refractivity contribution is -0.121. The molecule has 1 amide bonds. The van der Waals surface area contributed by atoms with Crippen LogP contribution in [0.5, 0.6) is 0 Å². The fourth-order valence-electron chi connectivity index (χ4n) is 3.49. The average molecular weight is 264 g/mol. The normalized spacial score (nSPS) is 29.5. The van der Waals surface area contributed by atoms with E-state index in [1.165, 1.54) is 25.7 Å². The minimum Gasteiger partial charge on any atom is -0.353 e. The molecule has 0 heterocycles. The molecule has 0 unspecified atom stereocenters. The average Bonchev–Trinajstić information content (AvgIpc) is 2.94. The van der Waals surface area contributed by atoms with Gasteiger partial charge in [0.25, 0.3) is 0 Å². The summed E-state index contributed by atoms with van der Waals surface area (Å²) in [5.41, 5.74) is 0.917. The van der Waals surface area contributed by atoms with Gasteiger partial charge >= 0.3 is 0 Å². The third kappa shape index (κ3) is 2.39. The molecule has 3 heteroatoms. The van der Waals surface area contributed by atoms with Crippen molar-refractivity contribution in [3.05, 3.63) is 34.9 Å². The van der Waals surface area contributed by atoms with Crippen molar-refractivity contribution in [1.29, 1.82) is 0 Å². The van der Waals surface area contributed by atoms with Gasteiger partial charge in [0.05, 0.1) is 6.42 Å². The lowest BCUT2D eigenvalue weighted by Gasteiger charge is -2.23. The van der Waals surface area contributed by atoms with Gasteiger partial charge in [-0.3, -0.25) is 4.79 Å². The highest BCUT2D eigenvalue weighted by molar-refractivity contribution is 6.31. The molecule has 0 spiro atoms. The zero-order chi connectivity index (χ0) is 12.5. The summed E-state index contributed by atoms with van der Waals surface area (Å²) >= 11 is 6.07. The quantitative estimate of drug-likeness (QED) is 0.892. The SMILES string of the molecule is O=C(Cc1ccccc1Cl)N[C@H]1C[C@H]2CC[C@H]1C2. The molecule has 0 saturated heterocycles. The Balaban J connectivity index is 1.58. The van der Waals surface area contributed by atoms with Crippen molar-refractivity contribution in [1.82, 2.24) is 5.32 Å². The molecule has 2 aliphatic rings. The van der Waals surface area contributed by atoms with Crippen LogP contribution in [0.15, 0.2) is 24.3 Å². The zero-order valence-electron chi connectivity index (χ0n) is 10.4. The van der Waals surface area contributed by atoms with Crippen molar-refractivity contribution in [3.8, 4) is 0 Å². The largest absolute Gasteiger partial charge is 0.353 e. The van der Waals surface area contributed by atoms with Gasteiger partial charge in [-0.05, 0) is 42.7 Å². The summed E-state index contributed by atoms with van der Waals surface area (Å²) in [6.45, 7) is 0. The molecule has 3 atom stereocenters. The third-order valence-corrected chi connectivity index (χ3v) is 4.76. The van der Waals surface area contributed by atoms with Gasteiger partial charge in [-0.15, -0.1) is 0 Å². The fraction of sp³-hybridized carbons (Fsp3) is 0.533. The van der Waals surface area contributed by atoms with E-state index < -0.39 is 0 Å². The molecule has 1 aromatic carbocycles. The van der Waals surface area contributed by atoms with Gasteiger partial charge in [0.15, 0.2) is 0 Å². The number of amides is 1. The van der Waals surface area contributed by atoms with Gasteiger partial charge < -0.3 is 5.32 Å². The Kier molecular flexibility index (Phi) is 3.29. The molecular formula is C15H18ClNO. The molecule has 96 valence electrons. The molecule has 0 radical (unpaired) electrons. The Labute approximate surface area is 113 Å². The number of nitrogens with one attached hydrogen (secondary N) is 1. The second-order valence-corrected chi connectivity index (χ2v) is 6.02. The minimum absolute atomic E-state index is 0.112. The van der Waals surface area contributed by atoms with Crippen molar-refractivity contribution >= 4 is 17.5 Å². The number of carbonyl (C=O) groups is 1. The minimum atomic E-state index is 0.112. The van der Waals surface area contributed by atoms with Crippen LogP contribution < -0.4 is 5.32 Å². The highest BCUT2D eigenvalue weighted by Crippen LogP contribution is 2.44. The van der Waals surface area contributed by atoms with Gasteiger partial charge in [0, 0.05) is 11.1 Å². The van der Waals surface area contributed by atoms with Crippen LogP contribution in [0, 0.1) is 11.8 Å². The van der Waals surface area contributed by atoms with E-state index in [1.54, 1.807) is 0 Å². The number of halogens is 1. The predicted octanol–water partition coefficient (Wildman–Crippen LogP) is 3.19. The van der Waals surface area contributed by atoms with Crippen LogP contribution in [-0.2, 0) is 11.2 Å². The van der Waals surface area contributed by atoms with Crippen LogP contribution >= 0.6 is 11.6 Å². The summed E-state index contributed by atoms with van der Waals surface area (Å²) in [7, 11) is 0. The molecule has 2 aliphatic carbocycles. The predicted molar refractivity (Wildman–Crippen MR) is 72.5 cm³/mol. The van der Waals surface area contributed by atoms with Crippen molar-refractivity contribution in [2.24, 2.45) is 11.8 Å². The van der Waals surface area contributed by atoms with Crippen LogP contribution in [0.1, 0.15) is 31.2 Å². The standard InChI is InChI=1S/C15H18ClNO/c16-13-4-2-1-3-11(13)9-15(18)17-14-8-10-5-6-12(14)7-10/h1-4,10,12,14H,5-9H2,(H,17,18)/t10-,12-,14-/m0/s1. The second kappa shape index (κ2) is 4.93. The first-order valence-corrected chi connectivity index (χ1v) is 7.13. The van der Waals surface area contributed by atoms with Gasteiger partial charge in [-0.25, -0.2) is 0 Å². The molecule has 18 heavy (non-hydrogen) atoms. The molecule has 0 aliphatic heterocycles. The maximum absolute atomic E-state index is 12.0. The van der Waals surface area contributed by atoms with Crippen LogP contribution in [0.4, 0.5) is 0 Å². The summed E-state index contributed by atoms with van der Waals surface area (Å²) in [6, 6.07) is 7.98. The number of hydrogen-bond donors (Lipinski definition) is 1. The van der Waals surface area contributed by atoms with Crippen LogP contribution in [0.2, 0.25) is 5.02 Å². The number of fused-ring (bicyclic) bond motifs is 2. The molecule has 2 bridgehead atoms. The van der Waals surface area contributed by atoms with E-state index in [-0.39, 0.29) is 5.91 Å². The highest BCUT2D eigenvalue weighted by atomic mass is 35.5. The van der Waals surface area contributed by atoms with Crippen LogP contribution in [-0.4, -0.2) is 11.9 Å². The zero-order valence-corrected chi connectivity index (χ0v) is 11.1. The molecule has 1 aromatic rings. The first-order chi connectivity index (χ1) is 8.72. The second-order valence-electron chi connectivity index (χ2n) is 5.62. The topological polar surface area (TPSA) is 29.1 Å². The molecule has 2 saturated carbocycles. The summed E-state index contributed by atoms with van der Waals surface area (Å²) in [5, 5.41) is 3.87. The van der Waals surface area contributed by atoms with Crippen LogP contribution in [0.3, 0.4) is 0 Å². The molecule has 0 aromatic heterocycles. The summed E-state index contributed by atoms with van der Waals surface area (Å²) < 4.78 is 0. The number of carbonyl (C=O) groups excluding carboxylic acids is 1. The lowest BCUT2D eigenvalue weighted by atomic mass is 9.95. The van der Waals surface area contributed by atoms with Crippen molar-refractivity contribution < 1.29 is 4.79 Å².